The number of carbonyl (C=O) groups is 1. The first-order valence-corrected chi connectivity index (χ1v) is 9.48. The molecular formula is C23H20N4O. The van der Waals surface area contributed by atoms with Crippen molar-refractivity contribution in [1.82, 2.24) is 14.5 Å². The number of benzene rings is 2. The van der Waals surface area contributed by atoms with Crippen LogP contribution >= 0.6 is 0 Å². The van der Waals surface area contributed by atoms with Crippen LogP contribution in [0.25, 0.3) is 16.9 Å². The molecule has 5 heteroatoms. The summed E-state index contributed by atoms with van der Waals surface area (Å²) in [6, 6.07) is 20.1. The number of aryl methyl sites for hydroxylation is 1. The Bertz CT molecular complexity index is 1180. The van der Waals surface area contributed by atoms with Gasteiger partial charge in [-0.05, 0) is 54.8 Å². The van der Waals surface area contributed by atoms with Gasteiger partial charge < -0.3 is 4.90 Å². The third kappa shape index (κ3) is 2.76. The van der Waals surface area contributed by atoms with E-state index in [-0.39, 0.29) is 5.91 Å². The minimum Gasteiger partial charge on any atom is -0.312 e. The molecule has 0 fully saturated rings. The van der Waals surface area contributed by atoms with Gasteiger partial charge in [0.2, 0.25) is 5.91 Å². The fourth-order valence-corrected chi connectivity index (χ4v) is 3.96. The molecule has 1 aliphatic heterocycles. The quantitative estimate of drug-likeness (QED) is 0.552. The second-order valence-corrected chi connectivity index (χ2v) is 7.11. The Morgan fingerprint density at radius 3 is 2.71 bits per heavy atom. The first kappa shape index (κ1) is 16.7. The molecule has 0 saturated carbocycles. The SMILES string of the molecule is Cc1nc2cccnc2n1-c1ccc(CC(=O)N2CCc3ccccc32)cc1. The number of hydrogen-bond donors (Lipinski definition) is 0. The first-order chi connectivity index (χ1) is 13.7. The van der Waals surface area contributed by atoms with Crippen molar-refractivity contribution in [2.24, 2.45) is 0 Å². The largest absolute Gasteiger partial charge is 0.312 e. The van der Waals surface area contributed by atoms with Gasteiger partial charge in [-0.2, -0.15) is 0 Å². The van der Waals surface area contributed by atoms with E-state index in [9.17, 15) is 4.79 Å². The van der Waals surface area contributed by atoms with Crippen LogP contribution in [0.2, 0.25) is 0 Å². The van der Waals surface area contributed by atoms with Crippen molar-refractivity contribution >= 4 is 22.8 Å². The van der Waals surface area contributed by atoms with E-state index >= 15 is 0 Å². The fraction of sp³-hybridized carbons (Fsp3) is 0.174. The number of fused-ring (bicyclic) bond motifs is 2. The van der Waals surface area contributed by atoms with Crippen LogP contribution in [0.3, 0.4) is 0 Å². The van der Waals surface area contributed by atoms with Gasteiger partial charge in [-0.25, -0.2) is 9.97 Å². The van der Waals surface area contributed by atoms with Gasteiger partial charge in [-0.3, -0.25) is 9.36 Å². The third-order valence-electron chi connectivity index (χ3n) is 5.32. The lowest BCUT2D eigenvalue weighted by Gasteiger charge is -2.17. The molecule has 2 aromatic carbocycles. The molecule has 0 unspecified atom stereocenters. The highest BCUT2D eigenvalue weighted by atomic mass is 16.2. The normalized spacial score (nSPS) is 13.1. The highest BCUT2D eigenvalue weighted by Crippen LogP contribution is 2.28. The molecule has 1 aliphatic rings. The number of rotatable bonds is 3. The number of para-hydroxylation sites is 1. The van der Waals surface area contributed by atoms with E-state index < -0.39 is 0 Å². The van der Waals surface area contributed by atoms with Gasteiger partial charge in [0.1, 0.15) is 11.3 Å². The molecule has 0 saturated heterocycles. The number of nitrogens with zero attached hydrogens (tertiary/aromatic N) is 4. The molecular weight excluding hydrogens is 348 g/mol. The summed E-state index contributed by atoms with van der Waals surface area (Å²) in [6.45, 7) is 2.74. The number of amides is 1. The lowest BCUT2D eigenvalue weighted by Crippen LogP contribution is -2.30. The van der Waals surface area contributed by atoms with E-state index in [0.717, 1.165) is 46.9 Å². The van der Waals surface area contributed by atoms with E-state index in [4.69, 9.17) is 0 Å². The second-order valence-electron chi connectivity index (χ2n) is 7.11. The molecule has 3 heterocycles. The Hall–Kier alpha value is -3.47. The van der Waals surface area contributed by atoms with Crippen LogP contribution in [0.15, 0.2) is 66.9 Å². The standard InChI is InChI=1S/C23H20N4O/c1-16-25-20-6-4-13-24-23(20)27(16)19-10-8-17(9-11-19)15-22(28)26-14-12-18-5-2-3-7-21(18)26/h2-11,13H,12,14-15H2,1H3. The first-order valence-electron chi connectivity index (χ1n) is 9.48. The van der Waals surface area contributed by atoms with E-state index in [1.54, 1.807) is 6.20 Å². The van der Waals surface area contributed by atoms with Crippen molar-refractivity contribution in [3.05, 3.63) is 83.8 Å². The van der Waals surface area contributed by atoms with Gasteiger partial charge >= 0.3 is 0 Å². The Balaban J connectivity index is 1.39. The summed E-state index contributed by atoms with van der Waals surface area (Å²) in [7, 11) is 0. The van der Waals surface area contributed by atoms with Crippen LogP contribution in [0, 0.1) is 6.92 Å². The number of aromatic nitrogens is 3. The van der Waals surface area contributed by atoms with E-state index in [0.29, 0.717) is 6.42 Å². The van der Waals surface area contributed by atoms with Crippen LogP contribution < -0.4 is 4.90 Å². The predicted molar refractivity (Wildman–Crippen MR) is 110 cm³/mol. The third-order valence-corrected chi connectivity index (χ3v) is 5.32. The zero-order valence-electron chi connectivity index (χ0n) is 15.7. The van der Waals surface area contributed by atoms with Crippen molar-refractivity contribution in [3.8, 4) is 5.69 Å². The molecule has 0 bridgehead atoms. The maximum absolute atomic E-state index is 12.8. The zero-order chi connectivity index (χ0) is 19.1. The molecule has 2 aromatic heterocycles. The average Bonchev–Trinajstić information content (AvgIpc) is 3.29. The summed E-state index contributed by atoms with van der Waals surface area (Å²) in [5.74, 6) is 1.04. The average molecular weight is 368 g/mol. The van der Waals surface area contributed by atoms with Gasteiger partial charge in [-0.15, -0.1) is 0 Å². The topological polar surface area (TPSA) is 51.0 Å². The van der Waals surface area contributed by atoms with Crippen molar-refractivity contribution in [2.45, 2.75) is 19.8 Å². The molecule has 5 rings (SSSR count). The molecule has 0 radical (unpaired) electrons. The highest BCUT2D eigenvalue weighted by Gasteiger charge is 2.24. The van der Waals surface area contributed by atoms with Crippen molar-refractivity contribution < 1.29 is 4.79 Å². The van der Waals surface area contributed by atoms with Gasteiger partial charge in [0.15, 0.2) is 5.65 Å². The van der Waals surface area contributed by atoms with Crippen LogP contribution in [-0.4, -0.2) is 27.0 Å². The molecule has 4 aromatic rings. The zero-order valence-corrected chi connectivity index (χ0v) is 15.7. The molecule has 138 valence electrons. The van der Waals surface area contributed by atoms with Gasteiger partial charge in [-0.1, -0.05) is 30.3 Å². The molecule has 0 atom stereocenters. The van der Waals surface area contributed by atoms with Crippen LogP contribution in [0.1, 0.15) is 17.0 Å². The Morgan fingerprint density at radius 1 is 1.04 bits per heavy atom. The van der Waals surface area contributed by atoms with Gasteiger partial charge in [0.05, 0.1) is 6.42 Å². The van der Waals surface area contributed by atoms with Crippen LogP contribution in [0.5, 0.6) is 0 Å². The van der Waals surface area contributed by atoms with Gasteiger partial charge in [0, 0.05) is 24.1 Å². The molecule has 28 heavy (non-hydrogen) atoms. The van der Waals surface area contributed by atoms with Crippen LogP contribution in [0.4, 0.5) is 5.69 Å². The second kappa shape index (κ2) is 6.60. The summed E-state index contributed by atoms with van der Waals surface area (Å²) < 4.78 is 2.04. The molecule has 0 N–H and O–H groups in total. The van der Waals surface area contributed by atoms with Gasteiger partial charge in [0.25, 0.3) is 0 Å². The number of pyridine rings is 1. The lowest BCUT2D eigenvalue weighted by atomic mass is 10.1. The van der Waals surface area contributed by atoms with E-state index in [1.165, 1.54) is 5.56 Å². The number of carbonyl (C=O) groups excluding carboxylic acids is 1. The smallest absolute Gasteiger partial charge is 0.231 e. The molecule has 0 spiro atoms. The Kier molecular flexibility index (Phi) is 3.93. The highest BCUT2D eigenvalue weighted by molar-refractivity contribution is 5.96. The maximum Gasteiger partial charge on any atom is 0.231 e. The molecule has 1 amide bonds. The van der Waals surface area contributed by atoms with E-state index in [1.807, 2.05) is 71.0 Å². The van der Waals surface area contributed by atoms with Crippen molar-refractivity contribution in [1.29, 1.82) is 0 Å². The minimum atomic E-state index is 0.142. The Morgan fingerprint density at radius 2 is 1.86 bits per heavy atom. The number of hydrogen-bond acceptors (Lipinski definition) is 3. The lowest BCUT2D eigenvalue weighted by molar-refractivity contribution is -0.117. The molecule has 5 nitrogen and oxygen atoms in total. The van der Waals surface area contributed by atoms with E-state index in [2.05, 4.69) is 16.0 Å². The van der Waals surface area contributed by atoms with Crippen molar-refractivity contribution in [3.63, 3.8) is 0 Å². The molecule has 0 aliphatic carbocycles. The van der Waals surface area contributed by atoms with Crippen molar-refractivity contribution in [2.75, 3.05) is 11.4 Å². The summed E-state index contributed by atoms with van der Waals surface area (Å²) in [4.78, 5) is 23.8. The predicted octanol–water partition coefficient (Wildman–Crippen LogP) is 3.86. The summed E-state index contributed by atoms with van der Waals surface area (Å²) >= 11 is 0. The Labute approximate surface area is 163 Å². The fourth-order valence-electron chi connectivity index (χ4n) is 3.96. The summed E-state index contributed by atoms with van der Waals surface area (Å²) in [5, 5.41) is 0. The maximum atomic E-state index is 12.8. The number of anilines is 1. The number of imidazole rings is 1. The summed E-state index contributed by atoms with van der Waals surface area (Å²) in [5.41, 5.74) is 6.04. The summed E-state index contributed by atoms with van der Waals surface area (Å²) in [6.07, 6.45) is 3.11. The minimum absolute atomic E-state index is 0.142. The van der Waals surface area contributed by atoms with Crippen LogP contribution in [-0.2, 0) is 17.6 Å². The monoisotopic (exact) mass is 368 g/mol.